The zero-order chi connectivity index (χ0) is 36.4. The summed E-state index contributed by atoms with van der Waals surface area (Å²) < 4.78 is 1.35. The monoisotopic (exact) mass is 718 g/mol. The summed E-state index contributed by atoms with van der Waals surface area (Å²) in [4.78, 5) is 5.07. The van der Waals surface area contributed by atoms with Gasteiger partial charge in [0.05, 0.1) is 5.00 Å². The van der Waals surface area contributed by atoms with Gasteiger partial charge >= 0.3 is 0 Å². The van der Waals surface area contributed by atoms with Gasteiger partial charge in [-0.05, 0) is 114 Å². The summed E-state index contributed by atoms with van der Waals surface area (Å²) in [6, 6.07) is 65.4. The summed E-state index contributed by atoms with van der Waals surface area (Å²) in [6.45, 7) is 4.92. The number of para-hydroxylation sites is 2. The van der Waals surface area contributed by atoms with Gasteiger partial charge in [-0.25, -0.2) is 0 Å². The molecule has 4 heteroatoms. The van der Waals surface area contributed by atoms with E-state index in [9.17, 15) is 0 Å². The fourth-order valence-electron chi connectivity index (χ4n) is 10.2. The van der Waals surface area contributed by atoms with Gasteiger partial charge < -0.3 is 9.80 Å². The molecule has 1 aromatic heterocycles. The largest absolute Gasteiger partial charge is 0.311 e. The molecule has 9 aromatic rings. The average molecular weight is 719 g/mol. The lowest BCUT2D eigenvalue weighted by Crippen LogP contribution is -2.61. The molecule has 12 rings (SSSR count). The number of thiophene rings is 1. The van der Waals surface area contributed by atoms with Gasteiger partial charge in [0.15, 0.2) is 0 Å². The van der Waals surface area contributed by atoms with Crippen molar-refractivity contribution in [3.63, 3.8) is 0 Å². The number of nitrogens with zero attached hydrogens (tertiary/aromatic N) is 2. The van der Waals surface area contributed by atoms with E-state index < -0.39 is 0 Å². The molecule has 0 N–H and O–H groups in total. The van der Waals surface area contributed by atoms with Crippen LogP contribution < -0.4 is 26.2 Å². The molecule has 0 saturated carbocycles. The quantitative estimate of drug-likeness (QED) is 0.168. The highest BCUT2D eigenvalue weighted by Crippen LogP contribution is 2.55. The third-order valence-electron chi connectivity index (χ3n) is 12.4. The van der Waals surface area contributed by atoms with Gasteiger partial charge in [0.2, 0.25) is 0 Å². The van der Waals surface area contributed by atoms with Crippen molar-refractivity contribution in [2.24, 2.45) is 0 Å². The lowest BCUT2D eigenvalue weighted by molar-refractivity contribution is 0.666. The van der Waals surface area contributed by atoms with Crippen LogP contribution in [-0.2, 0) is 5.41 Å². The van der Waals surface area contributed by atoms with Crippen molar-refractivity contribution in [2.45, 2.75) is 19.3 Å². The second kappa shape index (κ2) is 11.3. The Morgan fingerprint density at radius 2 is 1.18 bits per heavy atom. The fraction of sp³-hybridized carbons (Fsp3) is 0.0588. The van der Waals surface area contributed by atoms with Crippen molar-refractivity contribution >= 4 is 88.7 Å². The molecule has 2 nitrogen and oxygen atoms in total. The van der Waals surface area contributed by atoms with Crippen molar-refractivity contribution in [1.82, 2.24) is 0 Å². The van der Waals surface area contributed by atoms with Gasteiger partial charge in [0.1, 0.15) is 0 Å². The van der Waals surface area contributed by atoms with Crippen molar-refractivity contribution < 1.29 is 0 Å². The molecule has 0 amide bonds. The van der Waals surface area contributed by atoms with Crippen LogP contribution in [0.1, 0.15) is 25.0 Å². The number of fused-ring (bicyclic) bond motifs is 11. The lowest BCUT2D eigenvalue weighted by atomic mass is 9.33. The minimum Gasteiger partial charge on any atom is -0.311 e. The summed E-state index contributed by atoms with van der Waals surface area (Å²) in [5.41, 5.74) is 18.1. The normalized spacial score (nSPS) is 14.4. The van der Waals surface area contributed by atoms with Gasteiger partial charge in [-0.1, -0.05) is 141 Å². The Bertz CT molecular complexity index is 3050. The van der Waals surface area contributed by atoms with Gasteiger partial charge in [-0.3, -0.25) is 0 Å². The highest BCUT2D eigenvalue weighted by Gasteiger charge is 2.47. The highest BCUT2D eigenvalue weighted by molar-refractivity contribution is 7.26. The molecule has 0 spiro atoms. The topological polar surface area (TPSA) is 6.48 Å². The van der Waals surface area contributed by atoms with Crippen LogP contribution in [0, 0.1) is 0 Å². The molecule has 2 aliphatic heterocycles. The molecule has 0 saturated heterocycles. The Morgan fingerprint density at radius 1 is 0.509 bits per heavy atom. The first-order valence-electron chi connectivity index (χ1n) is 19.2. The number of rotatable bonds is 3. The molecule has 1 aliphatic carbocycles. The number of benzene rings is 8. The van der Waals surface area contributed by atoms with E-state index in [1.165, 1.54) is 98.4 Å². The van der Waals surface area contributed by atoms with Crippen LogP contribution in [0.25, 0.3) is 43.1 Å². The van der Waals surface area contributed by atoms with Crippen LogP contribution >= 0.6 is 11.3 Å². The summed E-state index contributed by atoms with van der Waals surface area (Å²) in [5.74, 6) is 0. The van der Waals surface area contributed by atoms with Crippen LogP contribution in [0.4, 0.5) is 33.4 Å². The second-order valence-corrected chi connectivity index (χ2v) is 16.7. The van der Waals surface area contributed by atoms with Crippen LogP contribution in [0.2, 0.25) is 0 Å². The maximum Gasteiger partial charge on any atom is 0.254 e. The molecule has 8 aromatic carbocycles. The van der Waals surface area contributed by atoms with Crippen molar-refractivity contribution in [3.05, 3.63) is 187 Å². The third kappa shape index (κ3) is 4.20. The van der Waals surface area contributed by atoms with E-state index >= 15 is 0 Å². The maximum atomic E-state index is 2.55. The summed E-state index contributed by atoms with van der Waals surface area (Å²) in [7, 11) is 0. The van der Waals surface area contributed by atoms with Crippen LogP contribution in [0.5, 0.6) is 0 Å². The molecule has 0 bridgehead atoms. The van der Waals surface area contributed by atoms with Gasteiger partial charge in [-0.15, -0.1) is 11.3 Å². The second-order valence-electron chi connectivity index (χ2n) is 15.6. The number of hydrogen-bond donors (Lipinski definition) is 0. The first-order valence-corrected chi connectivity index (χ1v) is 20.0. The van der Waals surface area contributed by atoms with E-state index in [2.05, 4.69) is 200 Å². The smallest absolute Gasteiger partial charge is 0.254 e. The first kappa shape index (κ1) is 31.0. The Labute approximate surface area is 325 Å². The minimum absolute atomic E-state index is 0.0645. The fourth-order valence-corrected chi connectivity index (χ4v) is 11.4. The predicted octanol–water partition coefficient (Wildman–Crippen LogP) is 12.1. The summed E-state index contributed by atoms with van der Waals surface area (Å²) in [5, 5.41) is 5.26. The highest BCUT2D eigenvalue weighted by atomic mass is 32.1. The Balaban J connectivity index is 1.15. The zero-order valence-corrected chi connectivity index (χ0v) is 31.4. The standard InChI is InChI=1S/C51H35BN2S/c1-51(2)40-24-9-8-22-38(40)39-29-30-45-46(47(39)51)49-50(55-45)54(34-18-4-3-5-19-34)44-28-14-27-43-48(44)52(49)41-25-10-11-26-42(41)53(43)35-20-12-17-33(31-35)37-23-13-16-32-15-6-7-21-36(32)37/h3-31H,1-2H3. The summed E-state index contributed by atoms with van der Waals surface area (Å²) in [6.07, 6.45) is 0. The van der Waals surface area contributed by atoms with E-state index in [1.807, 2.05) is 11.3 Å². The van der Waals surface area contributed by atoms with E-state index in [1.54, 1.807) is 0 Å². The van der Waals surface area contributed by atoms with Gasteiger partial charge in [0, 0.05) is 38.6 Å². The molecule has 55 heavy (non-hydrogen) atoms. The molecule has 0 unspecified atom stereocenters. The van der Waals surface area contributed by atoms with Crippen molar-refractivity contribution in [2.75, 3.05) is 9.80 Å². The number of anilines is 6. The molecule has 0 atom stereocenters. The average Bonchev–Trinajstić information content (AvgIpc) is 3.73. The third-order valence-corrected chi connectivity index (χ3v) is 13.6. The predicted molar refractivity (Wildman–Crippen MR) is 236 cm³/mol. The van der Waals surface area contributed by atoms with E-state index in [0.29, 0.717) is 0 Å². The summed E-state index contributed by atoms with van der Waals surface area (Å²) >= 11 is 1.95. The lowest BCUT2D eigenvalue weighted by Gasteiger charge is -2.43. The van der Waals surface area contributed by atoms with E-state index in [0.717, 1.165) is 5.69 Å². The van der Waals surface area contributed by atoms with Crippen LogP contribution in [0.15, 0.2) is 176 Å². The van der Waals surface area contributed by atoms with Crippen LogP contribution in [0.3, 0.4) is 0 Å². The molecule has 3 heterocycles. The minimum atomic E-state index is -0.139. The Hall–Kier alpha value is -6.36. The van der Waals surface area contributed by atoms with Crippen LogP contribution in [-0.4, -0.2) is 6.71 Å². The van der Waals surface area contributed by atoms with E-state index in [4.69, 9.17) is 0 Å². The van der Waals surface area contributed by atoms with E-state index in [-0.39, 0.29) is 12.1 Å². The maximum absolute atomic E-state index is 2.55. The van der Waals surface area contributed by atoms with Crippen molar-refractivity contribution in [3.8, 4) is 22.3 Å². The van der Waals surface area contributed by atoms with Crippen molar-refractivity contribution in [1.29, 1.82) is 0 Å². The molecule has 0 radical (unpaired) electrons. The van der Waals surface area contributed by atoms with Gasteiger partial charge in [0.25, 0.3) is 6.71 Å². The van der Waals surface area contributed by atoms with Gasteiger partial charge in [-0.2, -0.15) is 0 Å². The molecular weight excluding hydrogens is 683 g/mol. The Morgan fingerprint density at radius 3 is 2.09 bits per heavy atom. The first-order chi connectivity index (χ1) is 27.1. The Kier molecular flexibility index (Phi) is 6.40. The molecule has 3 aliphatic rings. The SMILES string of the molecule is CC1(C)c2ccccc2-c2ccc3sc4c(c3c21)B1c2ccccc2N(c2cccc(-c3cccc5ccccc35)c2)c2cccc(c21)N4c1ccccc1. The molecule has 0 fully saturated rings. The molecular formula is C51H35BN2S. The number of hydrogen-bond acceptors (Lipinski definition) is 3. The zero-order valence-electron chi connectivity index (χ0n) is 30.6. The molecule has 258 valence electrons.